The Bertz CT molecular complexity index is 872. The van der Waals surface area contributed by atoms with E-state index in [1.165, 1.54) is 13.2 Å². The van der Waals surface area contributed by atoms with Crippen LogP contribution in [0, 0.1) is 13.7 Å². The van der Waals surface area contributed by atoms with Gasteiger partial charge in [-0.05, 0) is 56.7 Å². The van der Waals surface area contributed by atoms with Gasteiger partial charge in [0.2, 0.25) is 0 Å². The maximum atomic E-state index is 12.1. The van der Waals surface area contributed by atoms with Gasteiger partial charge in [-0.15, -0.1) is 0 Å². The lowest BCUT2D eigenvalue weighted by Crippen LogP contribution is -2.17. The Labute approximate surface area is 164 Å². The molecular formula is C15H11BrIN3O5. The summed E-state index contributed by atoms with van der Waals surface area (Å²) in [5.41, 5.74) is 2.48. The summed E-state index contributed by atoms with van der Waals surface area (Å²) in [6.07, 6.45) is 1.12. The molecule has 2 N–H and O–H groups in total. The second-order valence-electron chi connectivity index (χ2n) is 4.67. The Morgan fingerprint density at radius 2 is 2.16 bits per heavy atom. The minimum Gasteiger partial charge on any atom is -0.506 e. The second kappa shape index (κ2) is 8.25. The van der Waals surface area contributed by atoms with E-state index in [0.717, 1.165) is 15.9 Å². The highest BCUT2D eigenvalue weighted by Crippen LogP contribution is 2.31. The number of carbonyl (C=O) groups excluding carboxylic acids is 1. The number of phenols is 1. The van der Waals surface area contributed by atoms with Gasteiger partial charge in [0.05, 0.1) is 26.3 Å². The SMILES string of the molecule is COc1cc(C(=O)N/N=C/c2cc([N+](=O)[O-])cc(Br)c2O)ccc1I. The maximum absolute atomic E-state index is 12.1. The predicted molar refractivity (Wildman–Crippen MR) is 103 cm³/mol. The van der Waals surface area contributed by atoms with Gasteiger partial charge in [0.1, 0.15) is 11.5 Å². The van der Waals surface area contributed by atoms with Crippen molar-refractivity contribution in [2.45, 2.75) is 0 Å². The molecule has 0 heterocycles. The summed E-state index contributed by atoms with van der Waals surface area (Å²) in [6.45, 7) is 0. The van der Waals surface area contributed by atoms with Crippen LogP contribution in [0.15, 0.2) is 39.9 Å². The van der Waals surface area contributed by atoms with E-state index in [1.807, 2.05) is 0 Å². The third-order valence-corrected chi connectivity index (χ3v) is 4.57. The molecule has 0 spiro atoms. The molecule has 25 heavy (non-hydrogen) atoms. The van der Waals surface area contributed by atoms with E-state index in [0.29, 0.717) is 11.3 Å². The number of phenolic OH excluding ortho intramolecular Hbond substituents is 1. The first-order valence-electron chi connectivity index (χ1n) is 6.67. The van der Waals surface area contributed by atoms with Crippen molar-refractivity contribution in [3.8, 4) is 11.5 Å². The number of amides is 1. The van der Waals surface area contributed by atoms with Crippen molar-refractivity contribution in [2.24, 2.45) is 5.10 Å². The second-order valence-corrected chi connectivity index (χ2v) is 6.69. The zero-order chi connectivity index (χ0) is 18.6. The largest absolute Gasteiger partial charge is 0.506 e. The number of methoxy groups -OCH3 is 1. The van der Waals surface area contributed by atoms with Gasteiger partial charge in [-0.25, -0.2) is 5.43 Å². The zero-order valence-electron chi connectivity index (χ0n) is 12.7. The van der Waals surface area contributed by atoms with Crippen LogP contribution in [0.4, 0.5) is 5.69 Å². The number of hydrogen-bond acceptors (Lipinski definition) is 6. The van der Waals surface area contributed by atoms with Gasteiger partial charge in [0.15, 0.2) is 0 Å². The van der Waals surface area contributed by atoms with E-state index in [9.17, 15) is 20.0 Å². The van der Waals surface area contributed by atoms with Crippen molar-refractivity contribution in [2.75, 3.05) is 7.11 Å². The molecule has 0 unspecified atom stereocenters. The lowest BCUT2D eigenvalue weighted by atomic mass is 10.2. The first-order valence-corrected chi connectivity index (χ1v) is 8.54. The molecule has 0 aliphatic carbocycles. The lowest BCUT2D eigenvalue weighted by Gasteiger charge is -2.06. The van der Waals surface area contributed by atoms with Crippen LogP contribution in [-0.2, 0) is 0 Å². The number of nitrogens with zero attached hydrogens (tertiary/aromatic N) is 2. The number of rotatable bonds is 5. The number of hydrogen-bond donors (Lipinski definition) is 2. The van der Waals surface area contributed by atoms with E-state index in [-0.39, 0.29) is 21.5 Å². The molecule has 130 valence electrons. The minimum atomic E-state index is -0.599. The number of benzene rings is 2. The van der Waals surface area contributed by atoms with Crippen molar-refractivity contribution >= 4 is 56.3 Å². The fourth-order valence-corrected chi connectivity index (χ4v) is 2.85. The fourth-order valence-electron chi connectivity index (χ4n) is 1.84. The quantitative estimate of drug-likeness (QED) is 0.272. The monoisotopic (exact) mass is 519 g/mol. The highest BCUT2D eigenvalue weighted by Gasteiger charge is 2.14. The smallest absolute Gasteiger partial charge is 0.271 e. The molecule has 0 aromatic heterocycles. The van der Waals surface area contributed by atoms with Crippen LogP contribution in [0.2, 0.25) is 0 Å². The minimum absolute atomic E-state index is 0.0848. The summed E-state index contributed by atoms with van der Waals surface area (Å²) in [5, 5.41) is 24.5. The topological polar surface area (TPSA) is 114 Å². The van der Waals surface area contributed by atoms with Gasteiger partial charge < -0.3 is 9.84 Å². The average Bonchev–Trinajstić information content (AvgIpc) is 2.58. The lowest BCUT2D eigenvalue weighted by molar-refractivity contribution is -0.385. The molecule has 0 aliphatic heterocycles. The van der Waals surface area contributed by atoms with Crippen LogP contribution in [-0.4, -0.2) is 29.3 Å². The number of ether oxygens (including phenoxy) is 1. The number of carbonyl (C=O) groups is 1. The van der Waals surface area contributed by atoms with Crippen LogP contribution in [0.3, 0.4) is 0 Å². The Balaban J connectivity index is 2.18. The molecule has 8 nitrogen and oxygen atoms in total. The fraction of sp³-hybridized carbons (Fsp3) is 0.0667. The Morgan fingerprint density at radius 1 is 1.44 bits per heavy atom. The summed E-state index contributed by atoms with van der Waals surface area (Å²) < 4.78 is 6.15. The first-order chi connectivity index (χ1) is 11.8. The van der Waals surface area contributed by atoms with Gasteiger partial charge in [-0.2, -0.15) is 5.10 Å². The van der Waals surface area contributed by atoms with Gasteiger partial charge in [-0.1, -0.05) is 0 Å². The van der Waals surface area contributed by atoms with Gasteiger partial charge >= 0.3 is 0 Å². The third-order valence-electron chi connectivity index (χ3n) is 3.07. The highest BCUT2D eigenvalue weighted by atomic mass is 127. The molecular weight excluding hydrogens is 509 g/mol. The molecule has 0 saturated carbocycles. The summed E-state index contributed by atoms with van der Waals surface area (Å²) >= 11 is 5.11. The van der Waals surface area contributed by atoms with E-state index in [1.54, 1.807) is 18.2 Å². The summed E-state index contributed by atoms with van der Waals surface area (Å²) in [4.78, 5) is 22.3. The molecule has 10 heteroatoms. The molecule has 1 amide bonds. The molecule has 0 atom stereocenters. The standard InChI is InChI=1S/C15H11BrIN3O5/c1-25-13-5-8(2-3-12(13)17)15(22)19-18-7-9-4-10(20(23)24)6-11(16)14(9)21/h2-7,21H,1H3,(H,19,22)/b18-7+. The van der Waals surface area contributed by atoms with Crippen molar-refractivity contribution in [1.82, 2.24) is 5.43 Å². The number of nitrogens with one attached hydrogen (secondary N) is 1. The number of nitro groups is 1. The Kier molecular flexibility index (Phi) is 6.31. The van der Waals surface area contributed by atoms with E-state index in [2.05, 4.69) is 49.0 Å². The number of halogens is 2. The summed E-state index contributed by atoms with van der Waals surface area (Å²) in [5.74, 6) is -0.160. The average molecular weight is 520 g/mol. The van der Waals surface area contributed by atoms with Crippen molar-refractivity contribution in [3.05, 3.63) is 59.6 Å². The number of aromatic hydroxyl groups is 1. The van der Waals surface area contributed by atoms with Gasteiger partial charge in [0.25, 0.3) is 11.6 Å². The maximum Gasteiger partial charge on any atom is 0.271 e. The van der Waals surface area contributed by atoms with Crippen LogP contribution in [0.25, 0.3) is 0 Å². The van der Waals surface area contributed by atoms with E-state index < -0.39 is 10.8 Å². The highest BCUT2D eigenvalue weighted by molar-refractivity contribution is 14.1. The number of hydrazone groups is 1. The molecule has 0 fully saturated rings. The third kappa shape index (κ3) is 4.66. The predicted octanol–water partition coefficient (Wildman–Crippen LogP) is 3.44. The van der Waals surface area contributed by atoms with Crippen molar-refractivity contribution in [1.29, 1.82) is 0 Å². The number of non-ortho nitro benzene ring substituents is 1. The van der Waals surface area contributed by atoms with Crippen LogP contribution < -0.4 is 10.2 Å². The Morgan fingerprint density at radius 3 is 2.80 bits per heavy atom. The number of nitro benzene ring substituents is 1. The summed E-state index contributed by atoms with van der Waals surface area (Å²) in [7, 11) is 1.50. The molecule has 2 rings (SSSR count). The van der Waals surface area contributed by atoms with E-state index >= 15 is 0 Å². The van der Waals surface area contributed by atoms with Crippen LogP contribution in [0.1, 0.15) is 15.9 Å². The molecule has 0 saturated heterocycles. The van der Waals surface area contributed by atoms with Crippen molar-refractivity contribution < 1.29 is 19.6 Å². The van der Waals surface area contributed by atoms with Crippen molar-refractivity contribution in [3.63, 3.8) is 0 Å². The molecule has 0 radical (unpaired) electrons. The first kappa shape index (κ1) is 19.1. The van der Waals surface area contributed by atoms with Crippen LogP contribution >= 0.6 is 38.5 Å². The van der Waals surface area contributed by atoms with E-state index in [4.69, 9.17) is 4.74 Å². The molecule has 2 aromatic carbocycles. The molecule has 2 aromatic rings. The van der Waals surface area contributed by atoms with Gasteiger partial charge in [0, 0.05) is 23.3 Å². The normalized spacial score (nSPS) is 10.7. The molecule has 0 aliphatic rings. The molecule has 0 bridgehead atoms. The Hall–Kier alpha value is -2.21. The van der Waals surface area contributed by atoms with Gasteiger partial charge in [-0.3, -0.25) is 14.9 Å². The van der Waals surface area contributed by atoms with Crippen LogP contribution in [0.5, 0.6) is 11.5 Å². The zero-order valence-corrected chi connectivity index (χ0v) is 16.4. The summed E-state index contributed by atoms with van der Waals surface area (Å²) in [6, 6.07) is 7.21.